The molecule has 0 saturated carbocycles. The van der Waals surface area contributed by atoms with Crippen LogP contribution in [0.1, 0.15) is 37.3 Å². The highest BCUT2D eigenvalue weighted by molar-refractivity contribution is 5.67. The van der Waals surface area contributed by atoms with Gasteiger partial charge in [-0.1, -0.05) is 37.6 Å². The molecule has 1 saturated heterocycles. The van der Waals surface area contributed by atoms with Crippen molar-refractivity contribution in [3.05, 3.63) is 35.4 Å². The molecule has 0 spiro atoms. The maximum atomic E-state index is 12.0. The number of nitrogens with zero attached hydrogens (tertiary/aromatic N) is 2. The van der Waals surface area contributed by atoms with Crippen molar-refractivity contribution < 1.29 is 14.6 Å². The summed E-state index contributed by atoms with van der Waals surface area (Å²) in [7, 11) is 0. The van der Waals surface area contributed by atoms with Crippen LogP contribution in [0.25, 0.3) is 0 Å². The van der Waals surface area contributed by atoms with Crippen LogP contribution in [0.3, 0.4) is 0 Å². The van der Waals surface area contributed by atoms with Crippen LogP contribution in [0.2, 0.25) is 0 Å². The average molecular weight is 332 g/mol. The van der Waals surface area contributed by atoms with Gasteiger partial charge in [-0.25, -0.2) is 4.79 Å². The molecule has 1 fully saturated rings. The van der Waals surface area contributed by atoms with E-state index in [4.69, 9.17) is 4.74 Å². The average Bonchev–Trinajstić information content (AvgIpc) is 2.61. The Bertz CT molecular complexity index is 563. The van der Waals surface area contributed by atoms with E-state index in [1.54, 1.807) is 4.90 Å². The van der Waals surface area contributed by atoms with Gasteiger partial charge in [-0.05, 0) is 30.4 Å². The van der Waals surface area contributed by atoms with Gasteiger partial charge in [0.25, 0.3) is 0 Å². The van der Waals surface area contributed by atoms with E-state index in [-0.39, 0.29) is 12.1 Å². The van der Waals surface area contributed by atoms with E-state index in [9.17, 15) is 9.90 Å². The molecule has 2 heterocycles. The largest absolute Gasteiger partial charge is 0.449 e. The van der Waals surface area contributed by atoms with E-state index in [0.29, 0.717) is 19.7 Å². The fraction of sp³-hybridized carbons (Fsp3) is 0.632. The van der Waals surface area contributed by atoms with Crippen molar-refractivity contribution in [2.45, 2.75) is 51.3 Å². The Morgan fingerprint density at radius 1 is 1.29 bits per heavy atom. The minimum absolute atomic E-state index is 0.123. The summed E-state index contributed by atoms with van der Waals surface area (Å²) < 4.78 is 5.26. The standard InChI is InChI=1S/C19H28N2O3/c1-2-3-12-24-19(23)21-11-9-17(18(22)14-21)20-10-8-15-6-4-5-7-16(15)13-20/h4-7,17-18,22H,2-3,8-14H2,1H3. The number of benzene rings is 1. The van der Waals surface area contributed by atoms with E-state index >= 15 is 0 Å². The van der Waals surface area contributed by atoms with Crippen molar-refractivity contribution in [3.8, 4) is 0 Å². The number of rotatable bonds is 4. The lowest BCUT2D eigenvalue weighted by atomic mass is 9.94. The highest BCUT2D eigenvalue weighted by Crippen LogP contribution is 2.25. The molecule has 2 aliphatic rings. The van der Waals surface area contributed by atoms with Gasteiger partial charge in [-0.15, -0.1) is 0 Å². The number of likely N-dealkylation sites (tertiary alicyclic amines) is 1. The van der Waals surface area contributed by atoms with Crippen LogP contribution in [0.4, 0.5) is 4.79 Å². The van der Waals surface area contributed by atoms with Crippen LogP contribution in [-0.4, -0.2) is 59.4 Å². The lowest BCUT2D eigenvalue weighted by molar-refractivity contribution is -0.0182. The van der Waals surface area contributed by atoms with E-state index in [2.05, 4.69) is 36.1 Å². The van der Waals surface area contributed by atoms with Gasteiger partial charge in [-0.3, -0.25) is 4.90 Å². The second kappa shape index (κ2) is 7.99. The normalized spacial score (nSPS) is 24.5. The number of carbonyl (C=O) groups excluding carboxylic acids is 1. The Morgan fingerprint density at radius 3 is 2.83 bits per heavy atom. The zero-order valence-corrected chi connectivity index (χ0v) is 14.5. The fourth-order valence-corrected chi connectivity index (χ4v) is 3.71. The lowest BCUT2D eigenvalue weighted by Gasteiger charge is -2.43. The predicted octanol–water partition coefficient (Wildman–Crippen LogP) is 2.42. The summed E-state index contributed by atoms with van der Waals surface area (Å²) in [6, 6.07) is 8.66. The Kier molecular flexibility index (Phi) is 5.74. The topological polar surface area (TPSA) is 53.0 Å². The molecule has 5 nitrogen and oxygen atoms in total. The maximum Gasteiger partial charge on any atom is 0.409 e. The number of amides is 1. The van der Waals surface area contributed by atoms with Gasteiger partial charge >= 0.3 is 6.09 Å². The van der Waals surface area contributed by atoms with Crippen molar-refractivity contribution >= 4 is 6.09 Å². The quantitative estimate of drug-likeness (QED) is 0.861. The SMILES string of the molecule is CCCCOC(=O)N1CCC(N2CCc3ccccc3C2)C(O)C1. The summed E-state index contributed by atoms with van der Waals surface area (Å²) in [4.78, 5) is 16.1. The third-order valence-corrected chi connectivity index (χ3v) is 5.16. The number of fused-ring (bicyclic) bond motifs is 1. The first-order chi connectivity index (χ1) is 11.7. The zero-order valence-electron chi connectivity index (χ0n) is 14.5. The number of ether oxygens (including phenoxy) is 1. The van der Waals surface area contributed by atoms with Crippen molar-refractivity contribution in [3.63, 3.8) is 0 Å². The molecule has 1 aromatic carbocycles. The summed E-state index contributed by atoms with van der Waals surface area (Å²) in [6.45, 7) is 5.42. The first-order valence-corrected chi connectivity index (χ1v) is 9.09. The number of hydrogen-bond donors (Lipinski definition) is 1. The van der Waals surface area contributed by atoms with Gasteiger partial charge < -0.3 is 14.7 Å². The van der Waals surface area contributed by atoms with Gasteiger partial charge in [0.05, 0.1) is 19.3 Å². The number of aliphatic hydroxyl groups excluding tert-OH is 1. The third kappa shape index (κ3) is 3.90. The molecule has 1 aromatic rings. The van der Waals surface area contributed by atoms with Gasteiger partial charge in [0, 0.05) is 25.7 Å². The number of β-amino-alcohol motifs (C(OH)–C–C–N with tert-alkyl or cyclic N) is 1. The summed E-state index contributed by atoms with van der Waals surface area (Å²) in [6.07, 6.45) is 2.92. The second-order valence-corrected chi connectivity index (χ2v) is 6.83. The maximum absolute atomic E-state index is 12.0. The minimum Gasteiger partial charge on any atom is -0.449 e. The van der Waals surface area contributed by atoms with Crippen molar-refractivity contribution in [1.29, 1.82) is 0 Å². The van der Waals surface area contributed by atoms with Gasteiger partial charge in [0.2, 0.25) is 0 Å². The molecule has 2 aliphatic heterocycles. The van der Waals surface area contributed by atoms with Crippen LogP contribution in [0.15, 0.2) is 24.3 Å². The second-order valence-electron chi connectivity index (χ2n) is 6.83. The van der Waals surface area contributed by atoms with E-state index in [1.807, 2.05) is 0 Å². The number of unbranched alkanes of at least 4 members (excludes halogenated alkanes) is 1. The number of carbonyl (C=O) groups is 1. The molecule has 5 heteroatoms. The number of piperidine rings is 1. The smallest absolute Gasteiger partial charge is 0.409 e. The number of hydrogen-bond acceptors (Lipinski definition) is 4. The van der Waals surface area contributed by atoms with E-state index in [1.165, 1.54) is 11.1 Å². The summed E-state index contributed by atoms with van der Waals surface area (Å²) in [5, 5.41) is 10.6. The molecule has 24 heavy (non-hydrogen) atoms. The van der Waals surface area contributed by atoms with Gasteiger partial charge in [0.1, 0.15) is 0 Å². The number of aliphatic hydroxyl groups is 1. The molecule has 2 atom stereocenters. The predicted molar refractivity (Wildman–Crippen MR) is 92.8 cm³/mol. The van der Waals surface area contributed by atoms with Crippen LogP contribution < -0.4 is 0 Å². The lowest BCUT2D eigenvalue weighted by Crippen LogP contribution is -2.56. The molecular formula is C19H28N2O3. The summed E-state index contributed by atoms with van der Waals surface area (Å²) in [5.74, 6) is 0. The van der Waals surface area contributed by atoms with Crippen molar-refractivity contribution in [2.24, 2.45) is 0 Å². The first kappa shape index (κ1) is 17.2. The molecule has 0 aromatic heterocycles. The molecule has 0 aliphatic carbocycles. The first-order valence-electron chi connectivity index (χ1n) is 9.09. The Labute approximate surface area is 144 Å². The Balaban J connectivity index is 1.54. The molecule has 132 valence electrons. The molecule has 2 unspecified atom stereocenters. The summed E-state index contributed by atoms with van der Waals surface area (Å²) >= 11 is 0. The van der Waals surface area contributed by atoms with Crippen LogP contribution in [0, 0.1) is 0 Å². The Morgan fingerprint density at radius 2 is 2.08 bits per heavy atom. The molecule has 0 bridgehead atoms. The minimum atomic E-state index is -0.511. The van der Waals surface area contributed by atoms with Crippen molar-refractivity contribution in [1.82, 2.24) is 9.80 Å². The van der Waals surface area contributed by atoms with E-state index < -0.39 is 6.10 Å². The Hall–Kier alpha value is -1.59. The molecule has 0 radical (unpaired) electrons. The van der Waals surface area contributed by atoms with Crippen LogP contribution >= 0.6 is 0 Å². The fourth-order valence-electron chi connectivity index (χ4n) is 3.71. The molecule has 1 amide bonds. The molecule has 3 rings (SSSR count). The van der Waals surface area contributed by atoms with Gasteiger partial charge in [0.15, 0.2) is 0 Å². The van der Waals surface area contributed by atoms with Crippen LogP contribution in [-0.2, 0) is 17.7 Å². The van der Waals surface area contributed by atoms with Crippen LogP contribution in [0.5, 0.6) is 0 Å². The zero-order chi connectivity index (χ0) is 16.9. The van der Waals surface area contributed by atoms with Crippen molar-refractivity contribution in [2.75, 3.05) is 26.2 Å². The molecular weight excluding hydrogens is 304 g/mol. The van der Waals surface area contributed by atoms with Gasteiger partial charge in [-0.2, -0.15) is 0 Å². The summed E-state index contributed by atoms with van der Waals surface area (Å²) in [5.41, 5.74) is 2.78. The third-order valence-electron chi connectivity index (χ3n) is 5.16. The monoisotopic (exact) mass is 332 g/mol. The molecule has 1 N–H and O–H groups in total. The highest BCUT2D eigenvalue weighted by atomic mass is 16.6. The highest BCUT2D eigenvalue weighted by Gasteiger charge is 2.35. The van der Waals surface area contributed by atoms with E-state index in [0.717, 1.165) is 38.8 Å².